The van der Waals surface area contributed by atoms with Crippen LogP contribution in [-0.4, -0.2) is 35.5 Å². The van der Waals surface area contributed by atoms with Gasteiger partial charge in [0.05, 0.1) is 15.1 Å². The number of halogens is 3. The Labute approximate surface area is 236 Å². The van der Waals surface area contributed by atoms with Gasteiger partial charge in [-0.1, -0.05) is 40.9 Å². The highest BCUT2D eigenvalue weighted by Crippen LogP contribution is 2.49. The van der Waals surface area contributed by atoms with Gasteiger partial charge in [0.15, 0.2) is 18.2 Å². The first kappa shape index (κ1) is 26.8. The molecule has 3 aliphatic rings. The Kier molecular flexibility index (Phi) is 7.85. The smallest absolute Gasteiger partial charge is 0.262 e. The number of hydrogen-bond donors (Lipinski definition) is 1. The van der Waals surface area contributed by atoms with Gasteiger partial charge in [-0.15, -0.1) is 0 Å². The lowest BCUT2D eigenvalue weighted by Crippen LogP contribution is -2.39. The van der Waals surface area contributed by atoms with Gasteiger partial charge in [-0.2, -0.15) is 0 Å². The van der Waals surface area contributed by atoms with Crippen LogP contribution >= 0.6 is 34.8 Å². The second kappa shape index (κ2) is 11.1. The zero-order chi connectivity index (χ0) is 27.0. The fourth-order valence-corrected chi connectivity index (χ4v) is 6.20. The molecule has 0 bridgehead atoms. The number of hydrogen-bond acceptors (Lipinski definition) is 5. The number of allylic oxidation sites excluding steroid dienone is 4. The molecule has 198 valence electrons. The number of ether oxygens (including phenoxy) is 1. The second-order valence-corrected chi connectivity index (χ2v) is 10.8. The lowest BCUT2D eigenvalue weighted by Gasteiger charge is -2.43. The van der Waals surface area contributed by atoms with E-state index >= 15 is 0 Å². The van der Waals surface area contributed by atoms with Gasteiger partial charge < -0.3 is 15.0 Å². The largest absolute Gasteiger partial charge is 0.482 e. The van der Waals surface area contributed by atoms with Gasteiger partial charge in [-0.25, -0.2) is 0 Å². The minimum Gasteiger partial charge on any atom is -0.482 e. The maximum absolute atomic E-state index is 13.2. The molecule has 1 aliphatic heterocycles. The molecule has 6 nitrogen and oxygen atoms in total. The number of rotatable bonds is 6. The van der Waals surface area contributed by atoms with E-state index in [1.165, 1.54) is 0 Å². The van der Waals surface area contributed by atoms with Crippen molar-refractivity contribution in [2.75, 3.05) is 18.5 Å². The van der Waals surface area contributed by atoms with Crippen molar-refractivity contribution in [2.24, 2.45) is 0 Å². The van der Waals surface area contributed by atoms with E-state index in [4.69, 9.17) is 39.5 Å². The first-order valence-electron chi connectivity index (χ1n) is 12.8. The first-order chi connectivity index (χ1) is 18.3. The van der Waals surface area contributed by atoms with Crippen LogP contribution < -0.4 is 10.1 Å². The van der Waals surface area contributed by atoms with E-state index in [0.717, 1.165) is 60.3 Å². The Morgan fingerprint density at radius 1 is 0.895 bits per heavy atom. The van der Waals surface area contributed by atoms with Crippen molar-refractivity contribution in [3.63, 3.8) is 0 Å². The number of carbonyl (C=O) groups is 3. The van der Waals surface area contributed by atoms with Gasteiger partial charge in [0.2, 0.25) is 0 Å². The number of nitrogens with one attached hydrogen (secondary N) is 1. The topological polar surface area (TPSA) is 75.7 Å². The summed E-state index contributed by atoms with van der Waals surface area (Å²) in [5.74, 6) is -0.308. The first-order valence-corrected chi connectivity index (χ1v) is 13.9. The zero-order valence-corrected chi connectivity index (χ0v) is 23.2. The van der Waals surface area contributed by atoms with E-state index in [9.17, 15) is 14.4 Å². The molecule has 1 N–H and O–H groups in total. The highest BCUT2D eigenvalue weighted by Gasteiger charge is 2.42. The molecule has 0 saturated heterocycles. The molecule has 38 heavy (non-hydrogen) atoms. The Morgan fingerprint density at radius 2 is 1.55 bits per heavy atom. The lowest BCUT2D eigenvalue weighted by molar-refractivity contribution is -0.118. The van der Waals surface area contributed by atoms with E-state index in [-0.39, 0.29) is 24.1 Å². The van der Waals surface area contributed by atoms with Crippen molar-refractivity contribution in [1.82, 2.24) is 4.90 Å². The van der Waals surface area contributed by atoms with Gasteiger partial charge in [0.25, 0.3) is 5.91 Å². The highest BCUT2D eigenvalue weighted by atomic mass is 35.5. The quantitative estimate of drug-likeness (QED) is 0.399. The summed E-state index contributed by atoms with van der Waals surface area (Å²) in [6, 6.07) is 10.1. The minimum absolute atomic E-state index is 0.0926. The van der Waals surface area contributed by atoms with Crippen LogP contribution in [0.5, 0.6) is 5.75 Å². The van der Waals surface area contributed by atoms with Gasteiger partial charge in [0.1, 0.15) is 5.75 Å². The third-order valence-electron chi connectivity index (χ3n) is 7.25. The Hall–Kier alpha value is -2.80. The maximum atomic E-state index is 13.2. The molecule has 2 aromatic rings. The summed E-state index contributed by atoms with van der Waals surface area (Å²) in [7, 11) is 0. The van der Waals surface area contributed by atoms with Gasteiger partial charge in [-0.3, -0.25) is 14.4 Å². The zero-order valence-electron chi connectivity index (χ0n) is 20.9. The predicted octanol–water partition coefficient (Wildman–Crippen LogP) is 7.10. The van der Waals surface area contributed by atoms with Crippen LogP contribution in [0.4, 0.5) is 5.69 Å². The molecule has 9 heteroatoms. The molecule has 0 radical (unpaired) electrons. The molecule has 0 fully saturated rings. The molecule has 0 unspecified atom stereocenters. The standard InChI is InChI=1S/C29H27Cl3N2O4/c1-2-34-21-5-3-7-23(35)28(21)27(29-22(34)6-4-8-24(29)36)16-9-12-25(20(32)13-16)38-15-26(37)33-17-10-11-18(30)19(31)14-17/h9-14,27H,2-8,15H2,1H3,(H,33,37). The summed E-state index contributed by atoms with van der Waals surface area (Å²) >= 11 is 18.5. The third-order valence-corrected chi connectivity index (χ3v) is 8.29. The molecule has 0 spiro atoms. The number of anilines is 1. The van der Waals surface area contributed by atoms with E-state index in [1.807, 2.05) is 6.07 Å². The van der Waals surface area contributed by atoms with E-state index in [2.05, 4.69) is 17.1 Å². The number of amides is 1. The summed E-state index contributed by atoms with van der Waals surface area (Å²) in [6.45, 7) is 2.52. The van der Waals surface area contributed by atoms with Crippen LogP contribution in [0.3, 0.4) is 0 Å². The Bertz CT molecular complexity index is 1350. The molecule has 1 amide bonds. The average Bonchev–Trinajstić information content (AvgIpc) is 2.89. The lowest BCUT2D eigenvalue weighted by atomic mass is 9.71. The molecule has 0 aromatic heterocycles. The van der Waals surface area contributed by atoms with E-state index in [1.54, 1.807) is 30.3 Å². The molecule has 1 heterocycles. The predicted molar refractivity (Wildman–Crippen MR) is 149 cm³/mol. The van der Waals surface area contributed by atoms with Gasteiger partial charge in [-0.05, 0) is 68.5 Å². The van der Waals surface area contributed by atoms with Crippen LogP contribution in [0.25, 0.3) is 0 Å². The van der Waals surface area contributed by atoms with Crippen molar-refractivity contribution in [1.29, 1.82) is 0 Å². The van der Waals surface area contributed by atoms with Crippen molar-refractivity contribution >= 4 is 58.0 Å². The minimum atomic E-state index is -0.437. The normalized spacial score (nSPS) is 17.9. The molecule has 0 atom stereocenters. The van der Waals surface area contributed by atoms with Crippen LogP contribution in [0, 0.1) is 0 Å². The summed E-state index contributed by atoms with van der Waals surface area (Å²) in [5.41, 5.74) is 4.80. The van der Waals surface area contributed by atoms with E-state index < -0.39 is 5.92 Å². The molecule has 2 aliphatic carbocycles. The van der Waals surface area contributed by atoms with Gasteiger partial charge in [0, 0.05) is 53.5 Å². The monoisotopic (exact) mass is 572 g/mol. The number of benzene rings is 2. The second-order valence-electron chi connectivity index (χ2n) is 9.61. The van der Waals surface area contributed by atoms with Crippen molar-refractivity contribution < 1.29 is 19.1 Å². The van der Waals surface area contributed by atoms with Crippen molar-refractivity contribution in [2.45, 2.75) is 51.4 Å². The summed E-state index contributed by atoms with van der Waals surface area (Å²) in [4.78, 5) is 41.1. The fraction of sp³-hybridized carbons (Fsp3) is 0.345. The molecule has 2 aromatic carbocycles. The SMILES string of the molecule is CCN1C2=C(C(=O)CCC2)C(c2ccc(OCC(=O)Nc3ccc(Cl)c(Cl)c3)c(Cl)c2)C2=C1CCCC2=O. The van der Waals surface area contributed by atoms with E-state index in [0.29, 0.717) is 39.3 Å². The summed E-state index contributed by atoms with van der Waals surface area (Å²) in [6.07, 6.45) is 4.22. The highest BCUT2D eigenvalue weighted by molar-refractivity contribution is 6.42. The van der Waals surface area contributed by atoms with Crippen LogP contribution in [0.2, 0.25) is 15.1 Å². The summed E-state index contributed by atoms with van der Waals surface area (Å²) < 4.78 is 5.69. The summed E-state index contributed by atoms with van der Waals surface area (Å²) in [5, 5.41) is 3.73. The molecular weight excluding hydrogens is 547 g/mol. The molecule has 0 saturated carbocycles. The Balaban J connectivity index is 1.40. The number of Topliss-reactive ketones (excluding diaryl/α,β-unsaturated/α-hetero) is 2. The number of nitrogens with zero attached hydrogens (tertiary/aromatic N) is 1. The number of ketones is 2. The average molecular weight is 574 g/mol. The van der Waals surface area contributed by atoms with Crippen LogP contribution in [-0.2, 0) is 14.4 Å². The third kappa shape index (κ3) is 5.09. The number of carbonyl (C=O) groups excluding carboxylic acids is 3. The van der Waals surface area contributed by atoms with Crippen molar-refractivity contribution in [3.8, 4) is 5.75 Å². The van der Waals surface area contributed by atoms with Crippen molar-refractivity contribution in [3.05, 3.63) is 79.6 Å². The Morgan fingerprint density at radius 3 is 2.13 bits per heavy atom. The molecular formula is C29H27Cl3N2O4. The fourth-order valence-electron chi connectivity index (χ4n) is 5.66. The van der Waals surface area contributed by atoms with Gasteiger partial charge >= 0.3 is 0 Å². The maximum Gasteiger partial charge on any atom is 0.262 e. The van der Waals surface area contributed by atoms with Crippen LogP contribution in [0.1, 0.15) is 56.9 Å². The molecule has 5 rings (SSSR count). The van der Waals surface area contributed by atoms with Crippen LogP contribution in [0.15, 0.2) is 58.9 Å².